The van der Waals surface area contributed by atoms with Crippen LogP contribution in [0, 0.1) is 0 Å². The largest absolute Gasteiger partial charge is 0.347 e. The molecule has 0 radical (unpaired) electrons. The molecule has 1 heterocycles. The molecular formula is C14H12Cl2N4O. The molecule has 108 valence electrons. The molecule has 2 N–H and O–H groups in total. The molecular weight excluding hydrogens is 311 g/mol. The maximum absolute atomic E-state index is 11.8. The molecule has 0 spiro atoms. The van der Waals surface area contributed by atoms with Gasteiger partial charge in [-0.15, -0.1) is 6.58 Å². The Bertz CT molecular complexity index is 676. The van der Waals surface area contributed by atoms with Crippen LogP contribution in [0.1, 0.15) is 10.5 Å². The molecule has 7 heteroatoms. The van der Waals surface area contributed by atoms with Gasteiger partial charge in [-0.1, -0.05) is 29.3 Å². The Kier molecular flexibility index (Phi) is 5.14. The number of nitrogens with zero attached hydrogens (tertiary/aromatic N) is 2. The lowest BCUT2D eigenvalue weighted by Gasteiger charge is -2.07. The first-order chi connectivity index (χ1) is 10.1. The fourth-order valence-electron chi connectivity index (χ4n) is 1.50. The molecule has 0 fully saturated rings. The van der Waals surface area contributed by atoms with Crippen LogP contribution in [-0.4, -0.2) is 22.4 Å². The second-order valence-corrected chi connectivity index (χ2v) is 4.83. The molecule has 1 aromatic carbocycles. The molecule has 0 bridgehead atoms. The summed E-state index contributed by atoms with van der Waals surface area (Å²) in [7, 11) is 0. The number of anilines is 2. The minimum absolute atomic E-state index is 0.259. The molecule has 2 aromatic rings. The minimum Gasteiger partial charge on any atom is -0.347 e. The highest BCUT2D eigenvalue weighted by atomic mass is 35.5. The number of nitrogens with one attached hydrogen (secondary N) is 2. The number of benzene rings is 1. The fraction of sp³-hybridized carbons (Fsp3) is 0.0714. The van der Waals surface area contributed by atoms with Crippen molar-refractivity contribution in [2.24, 2.45) is 0 Å². The number of hydrogen-bond donors (Lipinski definition) is 2. The Balaban J connectivity index is 2.15. The lowest BCUT2D eigenvalue weighted by atomic mass is 10.3. The van der Waals surface area contributed by atoms with Crippen LogP contribution in [0.3, 0.4) is 0 Å². The molecule has 0 saturated carbocycles. The summed E-state index contributed by atoms with van der Waals surface area (Å²) in [4.78, 5) is 20.0. The Morgan fingerprint density at radius 2 is 2.10 bits per heavy atom. The summed E-state index contributed by atoms with van der Waals surface area (Å²) in [6.45, 7) is 3.91. The smallest absolute Gasteiger partial charge is 0.270 e. The van der Waals surface area contributed by atoms with E-state index in [-0.39, 0.29) is 11.6 Å². The molecule has 1 aromatic heterocycles. The molecule has 0 aliphatic rings. The van der Waals surface area contributed by atoms with Gasteiger partial charge in [-0.2, -0.15) is 0 Å². The van der Waals surface area contributed by atoms with Crippen LogP contribution >= 0.6 is 23.2 Å². The first-order valence-corrected chi connectivity index (χ1v) is 6.80. The van der Waals surface area contributed by atoms with E-state index in [9.17, 15) is 4.79 Å². The van der Waals surface area contributed by atoms with Gasteiger partial charge in [0.2, 0.25) is 5.95 Å². The van der Waals surface area contributed by atoms with Crippen molar-refractivity contribution in [1.29, 1.82) is 0 Å². The number of carbonyl (C=O) groups excluding carboxylic acids is 1. The highest BCUT2D eigenvalue weighted by Crippen LogP contribution is 2.26. The Hall–Kier alpha value is -2.11. The average molecular weight is 323 g/mol. The molecule has 0 aliphatic carbocycles. The highest BCUT2D eigenvalue weighted by Gasteiger charge is 2.08. The van der Waals surface area contributed by atoms with Gasteiger partial charge >= 0.3 is 0 Å². The summed E-state index contributed by atoms with van der Waals surface area (Å²) in [6.07, 6.45) is 3.09. The number of rotatable bonds is 5. The van der Waals surface area contributed by atoms with E-state index in [1.807, 2.05) is 0 Å². The quantitative estimate of drug-likeness (QED) is 0.827. The lowest BCUT2D eigenvalue weighted by molar-refractivity contribution is 0.0953. The van der Waals surface area contributed by atoms with E-state index >= 15 is 0 Å². The Morgan fingerprint density at radius 1 is 1.29 bits per heavy atom. The van der Waals surface area contributed by atoms with Gasteiger partial charge in [0.05, 0.1) is 10.0 Å². The summed E-state index contributed by atoms with van der Waals surface area (Å²) in [6, 6.07) is 6.57. The predicted octanol–water partition coefficient (Wildman–Crippen LogP) is 3.44. The number of halogens is 2. The third kappa shape index (κ3) is 4.18. The van der Waals surface area contributed by atoms with Gasteiger partial charge in [0.15, 0.2) is 0 Å². The summed E-state index contributed by atoms with van der Waals surface area (Å²) >= 11 is 11.8. The van der Waals surface area contributed by atoms with Gasteiger partial charge in [-0.3, -0.25) is 4.79 Å². The van der Waals surface area contributed by atoms with Crippen LogP contribution in [0.2, 0.25) is 10.0 Å². The normalized spacial score (nSPS) is 10.0. The average Bonchev–Trinajstić information content (AvgIpc) is 2.49. The SMILES string of the molecule is C=CCNC(=O)c1ccnc(Nc2ccc(Cl)c(Cl)c2)n1. The second-order valence-electron chi connectivity index (χ2n) is 4.02. The number of amides is 1. The molecule has 1 amide bonds. The maximum Gasteiger partial charge on any atom is 0.270 e. The summed E-state index contributed by atoms with van der Waals surface area (Å²) in [5, 5.41) is 6.48. The van der Waals surface area contributed by atoms with Crippen LogP contribution in [0.25, 0.3) is 0 Å². The third-order valence-corrected chi connectivity index (χ3v) is 3.21. The molecule has 0 saturated heterocycles. The van der Waals surface area contributed by atoms with Crippen LogP contribution in [0.15, 0.2) is 43.1 Å². The number of aromatic nitrogens is 2. The van der Waals surface area contributed by atoms with Crippen molar-refractivity contribution in [2.45, 2.75) is 0 Å². The maximum atomic E-state index is 11.8. The fourth-order valence-corrected chi connectivity index (χ4v) is 1.80. The number of carbonyl (C=O) groups is 1. The third-order valence-electron chi connectivity index (χ3n) is 2.47. The first-order valence-electron chi connectivity index (χ1n) is 6.04. The monoisotopic (exact) mass is 322 g/mol. The van der Waals surface area contributed by atoms with Crippen LogP contribution < -0.4 is 10.6 Å². The van der Waals surface area contributed by atoms with Gasteiger partial charge < -0.3 is 10.6 Å². The van der Waals surface area contributed by atoms with Crippen molar-refractivity contribution in [3.63, 3.8) is 0 Å². The predicted molar refractivity (Wildman–Crippen MR) is 84.3 cm³/mol. The Labute approximate surface area is 132 Å². The van der Waals surface area contributed by atoms with E-state index in [0.29, 0.717) is 28.2 Å². The summed E-state index contributed by atoms with van der Waals surface area (Å²) in [5.74, 6) is -0.00543. The zero-order chi connectivity index (χ0) is 15.2. The zero-order valence-electron chi connectivity index (χ0n) is 10.9. The Morgan fingerprint density at radius 3 is 2.81 bits per heavy atom. The molecule has 0 unspecified atom stereocenters. The van der Waals surface area contributed by atoms with E-state index < -0.39 is 0 Å². The topological polar surface area (TPSA) is 66.9 Å². The van der Waals surface area contributed by atoms with Gasteiger partial charge in [0.1, 0.15) is 5.69 Å². The van der Waals surface area contributed by atoms with E-state index in [1.165, 1.54) is 12.3 Å². The molecule has 21 heavy (non-hydrogen) atoms. The minimum atomic E-state index is -0.297. The first kappa shape index (κ1) is 15.3. The highest BCUT2D eigenvalue weighted by molar-refractivity contribution is 6.42. The van der Waals surface area contributed by atoms with Crippen molar-refractivity contribution in [1.82, 2.24) is 15.3 Å². The standard InChI is InChI=1S/C14H12Cl2N4O/c1-2-6-17-13(21)12-5-7-18-14(20-12)19-9-3-4-10(15)11(16)8-9/h2-5,7-8H,1,6H2,(H,17,21)(H,18,19,20). The molecule has 5 nitrogen and oxygen atoms in total. The van der Waals surface area contributed by atoms with Crippen LogP contribution in [0.4, 0.5) is 11.6 Å². The van der Waals surface area contributed by atoms with Crippen molar-refractivity contribution in [3.8, 4) is 0 Å². The number of hydrogen-bond acceptors (Lipinski definition) is 4. The van der Waals surface area contributed by atoms with Gasteiger partial charge in [-0.25, -0.2) is 9.97 Å². The molecule has 0 atom stereocenters. The van der Waals surface area contributed by atoms with E-state index in [0.717, 1.165) is 0 Å². The molecule has 2 rings (SSSR count). The van der Waals surface area contributed by atoms with Crippen molar-refractivity contribution in [3.05, 3.63) is 58.9 Å². The van der Waals surface area contributed by atoms with Crippen molar-refractivity contribution in [2.75, 3.05) is 11.9 Å². The van der Waals surface area contributed by atoms with Crippen molar-refractivity contribution < 1.29 is 4.79 Å². The summed E-state index contributed by atoms with van der Waals surface area (Å²) in [5.41, 5.74) is 0.933. The van der Waals surface area contributed by atoms with E-state index in [2.05, 4.69) is 27.2 Å². The van der Waals surface area contributed by atoms with Crippen LogP contribution in [-0.2, 0) is 0 Å². The van der Waals surface area contributed by atoms with E-state index in [4.69, 9.17) is 23.2 Å². The van der Waals surface area contributed by atoms with Crippen LogP contribution in [0.5, 0.6) is 0 Å². The molecule has 0 aliphatic heterocycles. The van der Waals surface area contributed by atoms with Crippen molar-refractivity contribution >= 4 is 40.7 Å². The van der Waals surface area contributed by atoms with Gasteiger partial charge in [-0.05, 0) is 24.3 Å². The van der Waals surface area contributed by atoms with Gasteiger partial charge in [0, 0.05) is 18.4 Å². The second kappa shape index (κ2) is 7.06. The van der Waals surface area contributed by atoms with E-state index in [1.54, 1.807) is 24.3 Å². The zero-order valence-corrected chi connectivity index (χ0v) is 12.4. The lowest BCUT2D eigenvalue weighted by Crippen LogP contribution is -2.24. The summed E-state index contributed by atoms with van der Waals surface area (Å²) < 4.78 is 0. The van der Waals surface area contributed by atoms with Gasteiger partial charge in [0.25, 0.3) is 5.91 Å².